The number of amides is 2. The molecule has 0 saturated heterocycles. The van der Waals surface area contributed by atoms with Crippen molar-refractivity contribution < 1.29 is 9.59 Å². The fraction of sp³-hybridized carbons (Fsp3) is 0.0833. The number of aromatic nitrogens is 2. The molecular formula is C24H18N4O2S. The van der Waals surface area contributed by atoms with Crippen LogP contribution in [0.25, 0.3) is 22.0 Å². The van der Waals surface area contributed by atoms with Gasteiger partial charge < -0.3 is 10.2 Å². The molecule has 31 heavy (non-hydrogen) atoms. The predicted octanol–water partition coefficient (Wildman–Crippen LogP) is 4.37. The molecule has 0 radical (unpaired) electrons. The number of nitrogens with zero attached hydrogens (tertiary/aromatic N) is 3. The Morgan fingerprint density at radius 1 is 0.903 bits per heavy atom. The molecule has 1 N–H and O–H groups in total. The van der Waals surface area contributed by atoms with Crippen molar-refractivity contribution in [3.05, 3.63) is 78.9 Å². The molecule has 1 aliphatic heterocycles. The molecule has 4 aromatic rings. The van der Waals surface area contributed by atoms with Crippen molar-refractivity contribution in [2.75, 3.05) is 22.5 Å². The van der Waals surface area contributed by atoms with Crippen LogP contribution >= 0.6 is 11.8 Å². The fourth-order valence-electron chi connectivity index (χ4n) is 3.66. The fourth-order valence-corrected chi connectivity index (χ4v) is 4.51. The summed E-state index contributed by atoms with van der Waals surface area (Å²) in [5.74, 6) is -0.190. The average Bonchev–Trinajstić information content (AvgIpc) is 2.82. The van der Waals surface area contributed by atoms with Gasteiger partial charge in [0, 0.05) is 16.3 Å². The maximum Gasteiger partial charge on any atom is 0.244 e. The molecule has 0 fully saturated rings. The molecule has 3 aromatic carbocycles. The van der Waals surface area contributed by atoms with Gasteiger partial charge in [-0.2, -0.15) is 0 Å². The zero-order valence-electron chi connectivity index (χ0n) is 16.5. The third-order valence-electron chi connectivity index (χ3n) is 5.10. The van der Waals surface area contributed by atoms with Gasteiger partial charge in [0.15, 0.2) is 0 Å². The van der Waals surface area contributed by atoms with Gasteiger partial charge in [-0.1, -0.05) is 78.5 Å². The summed E-state index contributed by atoms with van der Waals surface area (Å²) in [6.07, 6.45) is 0. The second-order valence-electron chi connectivity index (χ2n) is 7.10. The lowest BCUT2D eigenvalue weighted by Gasteiger charge is -2.29. The summed E-state index contributed by atoms with van der Waals surface area (Å²) in [6.45, 7) is 0.00970. The number of nitrogens with one attached hydrogen (secondary N) is 1. The average molecular weight is 427 g/mol. The largest absolute Gasteiger partial charge is 0.323 e. The van der Waals surface area contributed by atoms with Crippen molar-refractivity contribution >= 4 is 45.7 Å². The maximum absolute atomic E-state index is 13.0. The van der Waals surface area contributed by atoms with E-state index in [4.69, 9.17) is 0 Å². The number of anilines is 2. The Morgan fingerprint density at radius 3 is 2.45 bits per heavy atom. The van der Waals surface area contributed by atoms with Gasteiger partial charge in [-0.05, 0) is 12.1 Å². The van der Waals surface area contributed by atoms with Crippen molar-refractivity contribution in [2.45, 2.75) is 5.03 Å². The van der Waals surface area contributed by atoms with E-state index in [1.165, 1.54) is 16.7 Å². The van der Waals surface area contributed by atoms with Gasteiger partial charge in [-0.15, -0.1) is 10.2 Å². The molecule has 152 valence electrons. The van der Waals surface area contributed by atoms with Crippen LogP contribution in [0.5, 0.6) is 0 Å². The first-order valence-electron chi connectivity index (χ1n) is 9.83. The van der Waals surface area contributed by atoms with Gasteiger partial charge in [0.1, 0.15) is 17.3 Å². The second-order valence-corrected chi connectivity index (χ2v) is 8.06. The van der Waals surface area contributed by atoms with Gasteiger partial charge >= 0.3 is 0 Å². The number of thioether (sulfide) groups is 1. The Balaban J connectivity index is 1.42. The SMILES string of the molecule is O=C1CN(C(=O)CSc2nnc(-c3ccccc3)c3ccccc23)c2ccccc2N1. The standard InChI is InChI=1S/C24H18N4O2S/c29-21-14-28(20-13-7-6-12-19(20)25-21)22(30)15-31-24-18-11-5-4-10-17(18)23(26-27-24)16-8-2-1-3-9-16/h1-13H,14-15H2,(H,25,29). The highest BCUT2D eigenvalue weighted by molar-refractivity contribution is 8.00. The van der Waals surface area contributed by atoms with Gasteiger partial charge in [0.25, 0.3) is 0 Å². The van der Waals surface area contributed by atoms with E-state index in [1.807, 2.05) is 72.8 Å². The van der Waals surface area contributed by atoms with E-state index < -0.39 is 0 Å². The van der Waals surface area contributed by atoms with E-state index in [1.54, 1.807) is 6.07 Å². The topological polar surface area (TPSA) is 75.2 Å². The minimum Gasteiger partial charge on any atom is -0.323 e. The van der Waals surface area contributed by atoms with Gasteiger partial charge in [0.05, 0.1) is 17.1 Å². The van der Waals surface area contributed by atoms with Crippen LogP contribution in [0.3, 0.4) is 0 Å². The smallest absolute Gasteiger partial charge is 0.244 e. The molecule has 5 rings (SSSR count). The summed E-state index contributed by atoms with van der Waals surface area (Å²) in [4.78, 5) is 26.5. The number of carbonyl (C=O) groups is 2. The zero-order chi connectivity index (χ0) is 21.2. The van der Waals surface area contributed by atoms with Crippen molar-refractivity contribution in [1.29, 1.82) is 0 Å². The number of benzene rings is 3. The number of para-hydroxylation sites is 2. The Hall–Kier alpha value is -3.71. The summed E-state index contributed by atoms with van der Waals surface area (Å²) in [5, 5.41) is 14.3. The van der Waals surface area contributed by atoms with Crippen LogP contribution < -0.4 is 10.2 Å². The van der Waals surface area contributed by atoms with Crippen molar-refractivity contribution in [1.82, 2.24) is 10.2 Å². The van der Waals surface area contributed by atoms with Gasteiger partial charge in [-0.3, -0.25) is 9.59 Å². The molecule has 0 aliphatic carbocycles. The first kappa shape index (κ1) is 19.3. The summed E-state index contributed by atoms with van der Waals surface area (Å²) in [7, 11) is 0. The molecule has 6 nitrogen and oxygen atoms in total. The summed E-state index contributed by atoms with van der Waals surface area (Å²) >= 11 is 1.33. The number of rotatable bonds is 4. The molecule has 0 saturated carbocycles. The third-order valence-corrected chi connectivity index (χ3v) is 6.07. The summed E-state index contributed by atoms with van der Waals surface area (Å²) < 4.78 is 0. The summed E-state index contributed by atoms with van der Waals surface area (Å²) in [6, 6.07) is 25.2. The minimum absolute atomic E-state index is 0.00970. The zero-order valence-corrected chi connectivity index (χ0v) is 17.3. The number of fused-ring (bicyclic) bond motifs is 2. The van der Waals surface area contributed by atoms with E-state index >= 15 is 0 Å². The van der Waals surface area contributed by atoms with Crippen LogP contribution in [0.2, 0.25) is 0 Å². The molecule has 7 heteroatoms. The van der Waals surface area contributed by atoms with E-state index in [2.05, 4.69) is 15.5 Å². The van der Waals surface area contributed by atoms with Crippen LogP contribution in [-0.4, -0.2) is 34.3 Å². The Labute approximate surface area is 183 Å². The lowest BCUT2D eigenvalue weighted by molar-refractivity contribution is -0.120. The number of carbonyl (C=O) groups excluding carboxylic acids is 2. The molecule has 0 spiro atoms. The Morgan fingerprint density at radius 2 is 1.61 bits per heavy atom. The van der Waals surface area contributed by atoms with E-state index in [9.17, 15) is 9.59 Å². The highest BCUT2D eigenvalue weighted by atomic mass is 32.2. The monoisotopic (exact) mass is 426 g/mol. The first-order chi connectivity index (χ1) is 15.2. The molecule has 2 amide bonds. The molecule has 0 atom stereocenters. The van der Waals surface area contributed by atoms with Crippen molar-refractivity contribution in [3.8, 4) is 11.3 Å². The van der Waals surface area contributed by atoms with E-state index in [-0.39, 0.29) is 24.1 Å². The van der Waals surface area contributed by atoms with Gasteiger partial charge in [0.2, 0.25) is 11.8 Å². The lowest BCUT2D eigenvalue weighted by atomic mass is 10.1. The number of hydrogen-bond donors (Lipinski definition) is 1. The summed E-state index contributed by atoms with van der Waals surface area (Å²) in [5.41, 5.74) is 3.17. The highest BCUT2D eigenvalue weighted by Gasteiger charge is 2.26. The number of hydrogen-bond acceptors (Lipinski definition) is 5. The van der Waals surface area contributed by atoms with E-state index in [0.717, 1.165) is 22.0 Å². The minimum atomic E-state index is -0.200. The quantitative estimate of drug-likeness (QED) is 0.491. The third kappa shape index (κ3) is 3.75. The first-order valence-corrected chi connectivity index (χ1v) is 10.8. The lowest BCUT2D eigenvalue weighted by Crippen LogP contribution is -2.43. The molecular weight excluding hydrogens is 408 g/mol. The van der Waals surface area contributed by atoms with Crippen LogP contribution in [0.1, 0.15) is 0 Å². The van der Waals surface area contributed by atoms with Crippen LogP contribution in [0.4, 0.5) is 11.4 Å². The molecule has 1 aliphatic rings. The van der Waals surface area contributed by atoms with Crippen molar-refractivity contribution in [3.63, 3.8) is 0 Å². The van der Waals surface area contributed by atoms with Crippen LogP contribution in [0, 0.1) is 0 Å². The van der Waals surface area contributed by atoms with Gasteiger partial charge in [-0.25, -0.2) is 0 Å². The normalized spacial score (nSPS) is 13.0. The predicted molar refractivity (Wildman–Crippen MR) is 123 cm³/mol. The Kier molecular flexibility index (Phi) is 5.09. The second kappa shape index (κ2) is 8.20. The maximum atomic E-state index is 13.0. The molecule has 0 bridgehead atoms. The van der Waals surface area contributed by atoms with E-state index in [0.29, 0.717) is 16.4 Å². The van der Waals surface area contributed by atoms with Crippen LogP contribution in [-0.2, 0) is 9.59 Å². The molecule has 2 heterocycles. The van der Waals surface area contributed by atoms with Crippen LogP contribution in [0.15, 0.2) is 83.9 Å². The highest BCUT2D eigenvalue weighted by Crippen LogP contribution is 2.33. The molecule has 1 aromatic heterocycles. The molecule has 0 unspecified atom stereocenters. The Bertz CT molecular complexity index is 1290. The van der Waals surface area contributed by atoms with Crippen molar-refractivity contribution in [2.24, 2.45) is 0 Å².